The molecule has 0 bridgehead atoms. The van der Waals surface area contributed by atoms with E-state index >= 15 is 0 Å². The Bertz CT molecular complexity index is 599. The second kappa shape index (κ2) is 5.67. The van der Waals surface area contributed by atoms with E-state index in [2.05, 4.69) is 0 Å². The molecule has 2 aromatic rings. The average molecular weight is 283 g/mol. The van der Waals surface area contributed by atoms with Gasteiger partial charge in [-0.2, -0.15) is 0 Å². The summed E-state index contributed by atoms with van der Waals surface area (Å²) in [5, 5.41) is 0. The molecule has 0 aromatic heterocycles. The second-order valence-electron chi connectivity index (χ2n) is 4.16. The Morgan fingerprint density at radius 1 is 0.947 bits per heavy atom. The molecule has 0 saturated heterocycles. The van der Waals surface area contributed by atoms with E-state index in [1.54, 1.807) is 13.0 Å². The van der Waals surface area contributed by atoms with E-state index in [1.165, 1.54) is 12.1 Å². The lowest BCUT2D eigenvalue weighted by molar-refractivity contribution is 0.575. The first-order valence-corrected chi connectivity index (χ1v) is 6.47. The molecule has 0 aliphatic heterocycles. The highest BCUT2D eigenvalue weighted by Crippen LogP contribution is 2.33. The minimum atomic E-state index is -0.581. The number of hydrogen-bond acceptors (Lipinski definition) is 2. The van der Waals surface area contributed by atoms with Gasteiger partial charge in [0.05, 0.1) is 4.90 Å². The first-order valence-electron chi connectivity index (χ1n) is 5.65. The Morgan fingerprint density at radius 3 is 2.32 bits per heavy atom. The number of rotatable bonds is 3. The largest absolute Gasteiger partial charge is 0.324 e. The van der Waals surface area contributed by atoms with Crippen molar-refractivity contribution in [3.05, 3.63) is 59.4 Å². The van der Waals surface area contributed by atoms with E-state index in [-0.39, 0.29) is 15.8 Å². The summed E-state index contributed by atoms with van der Waals surface area (Å²) in [6, 6.07) is 7.31. The van der Waals surface area contributed by atoms with Crippen molar-refractivity contribution in [1.82, 2.24) is 0 Å². The molecule has 2 aromatic carbocycles. The second-order valence-corrected chi connectivity index (χ2v) is 5.24. The lowest BCUT2D eigenvalue weighted by Crippen LogP contribution is -2.05. The van der Waals surface area contributed by atoms with Crippen LogP contribution in [0, 0.1) is 17.5 Å². The van der Waals surface area contributed by atoms with Crippen LogP contribution in [0.1, 0.15) is 18.5 Å². The van der Waals surface area contributed by atoms with E-state index in [1.807, 2.05) is 0 Å². The van der Waals surface area contributed by atoms with Gasteiger partial charge in [-0.05, 0) is 42.8 Å². The third-order valence-electron chi connectivity index (χ3n) is 2.59. The van der Waals surface area contributed by atoms with Gasteiger partial charge >= 0.3 is 0 Å². The molecule has 5 heteroatoms. The number of benzene rings is 2. The predicted molar refractivity (Wildman–Crippen MR) is 69.5 cm³/mol. The summed E-state index contributed by atoms with van der Waals surface area (Å²) >= 11 is 0.845. The predicted octanol–water partition coefficient (Wildman–Crippen LogP) is 4.27. The van der Waals surface area contributed by atoms with E-state index in [4.69, 9.17) is 5.73 Å². The van der Waals surface area contributed by atoms with Crippen LogP contribution < -0.4 is 5.73 Å². The summed E-state index contributed by atoms with van der Waals surface area (Å²) in [4.78, 5) is 0.279. The molecule has 0 saturated carbocycles. The zero-order valence-corrected chi connectivity index (χ0v) is 11.0. The van der Waals surface area contributed by atoms with Crippen LogP contribution in [0.15, 0.2) is 46.2 Å². The standard InChI is InChI=1S/C14H12F3NS/c1-8(18)9-2-5-13(12(17)6-9)19-14-7-10(15)3-4-11(14)16/h2-8H,18H2,1H3. The highest BCUT2D eigenvalue weighted by molar-refractivity contribution is 7.99. The summed E-state index contributed by atoms with van der Waals surface area (Å²) in [6.45, 7) is 1.74. The van der Waals surface area contributed by atoms with E-state index < -0.39 is 17.5 Å². The number of hydrogen-bond donors (Lipinski definition) is 1. The van der Waals surface area contributed by atoms with Gasteiger partial charge in [-0.25, -0.2) is 13.2 Å². The van der Waals surface area contributed by atoms with Crippen molar-refractivity contribution in [2.75, 3.05) is 0 Å². The Balaban J connectivity index is 2.31. The smallest absolute Gasteiger partial charge is 0.137 e. The molecule has 100 valence electrons. The maximum Gasteiger partial charge on any atom is 0.137 e. The highest BCUT2D eigenvalue weighted by Gasteiger charge is 2.11. The molecule has 2 N–H and O–H groups in total. The third kappa shape index (κ3) is 3.30. The first kappa shape index (κ1) is 14.0. The normalized spacial score (nSPS) is 12.5. The lowest BCUT2D eigenvalue weighted by atomic mass is 10.1. The van der Waals surface area contributed by atoms with Crippen LogP contribution in [0.4, 0.5) is 13.2 Å². The fourth-order valence-corrected chi connectivity index (χ4v) is 2.42. The van der Waals surface area contributed by atoms with Gasteiger partial charge in [-0.15, -0.1) is 0 Å². The number of nitrogens with two attached hydrogens (primary N) is 1. The number of halogens is 3. The van der Waals surface area contributed by atoms with Crippen molar-refractivity contribution in [3.63, 3.8) is 0 Å². The van der Waals surface area contributed by atoms with Crippen LogP contribution in [0.5, 0.6) is 0 Å². The van der Waals surface area contributed by atoms with Crippen LogP contribution in [-0.2, 0) is 0 Å². The zero-order chi connectivity index (χ0) is 14.0. The fraction of sp³-hybridized carbons (Fsp3) is 0.143. The molecule has 0 spiro atoms. The van der Waals surface area contributed by atoms with Gasteiger partial charge in [-0.1, -0.05) is 17.8 Å². The van der Waals surface area contributed by atoms with Gasteiger partial charge in [-0.3, -0.25) is 0 Å². The Hall–Kier alpha value is -1.46. The topological polar surface area (TPSA) is 26.0 Å². The van der Waals surface area contributed by atoms with Crippen LogP contribution in [-0.4, -0.2) is 0 Å². The lowest BCUT2D eigenvalue weighted by Gasteiger charge is -2.09. The van der Waals surface area contributed by atoms with Crippen LogP contribution in [0.3, 0.4) is 0 Å². The molecule has 0 heterocycles. The Labute approximate surface area is 113 Å². The van der Waals surface area contributed by atoms with E-state index in [0.29, 0.717) is 5.56 Å². The molecule has 0 aliphatic carbocycles. The Kier molecular flexibility index (Phi) is 4.17. The summed E-state index contributed by atoms with van der Waals surface area (Å²) in [5.74, 6) is -1.64. The van der Waals surface area contributed by atoms with Crippen LogP contribution in [0.2, 0.25) is 0 Å². The molecule has 0 fully saturated rings. The van der Waals surface area contributed by atoms with Gasteiger partial charge in [0.2, 0.25) is 0 Å². The molecular formula is C14H12F3NS. The summed E-state index contributed by atoms with van der Waals surface area (Å²) < 4.78 is 40.3. The molecule has 1 unspecified atom stereocenters. The Morgan fingerprint density at radius 2 is 1.68 bits per heavy atom. The van der Waals surface area contributed by atoms with Crippen molar-refractivity contribution in [1.29, 1.82) is 0 Å². The van der Waals surface area contributed by atoms with Crippen molar-refractivity contribution >= 4 is 11.8 Å². The third-order valence-corrected chi connectivity index (χ3v) is 3.68. The van der Waals surface area contributed by atoms with Gasteiger partial charge < -0.3 is 5.73 Å². The molecule has 1 nitrogen and oxygen atoms in total. The van der Waals surface area contributed by atoms with Gasteiger partial charge in [0.25, 0.3) is 0 Å². The van der Waals surface area contributed by atoms with Crippen LogP contribution in [0.25, 0.3) is 0 Å². The van der Waals surface area contributed by atoms with Crippen molar-refractivity contribution in [3.8, 4) is 0 Å². The molecule has 0 radical (unpaired) electrons. The van der Waals surface area contributed by atoms with Gasteiger partial charge in [0.1, 0.15) is 17.5 Å². The molecule has 2 rings (SSSR count). The van der Waals surface area contributed by atoms with Gasteiger partial charge in [0.15, 0.2) is 0 Å². The fourth-order valence-electron chi connectivity index (χ4n) is 1.56. The summed E-state index contributed by atoms with van der Waals surface area (Å²) in [6.07, 6.45) is 0. The van der Waals surface area contributed by atoms with E-state index in [0.717, 1.165) is 30.0 Å². The van der Waals surface area contributed by atoms with Crippen molar-refractivity contribution in [2.45, 2.75) is 22.8 Å². The SMILES string of the molecule is CC(N)c1ccc(Sc2cc(F)ccc2F)c(F)c1. The molecule has 19 heavy (non-hydrogen) atoms. The summed E-state index contributed by atoms with van der Waals surface area (Å²) in [7, 11) is 0. The van der Waals surface area contributed by atoms with E-state index in [9.17, 15) is 13.2 Å². The van der Waals surface area contributed by atoms with Crippen molar-refractivity contribution in [2.24, 2.45) is 5.73 Å². The van der Waals surface area contributed by atoms with Gasteiger partial charge in [0, 0.05) is 10.9 Å². The maximum atomic E-state index is 13.8. The molecule has 0 amide bonds. The molecular weight excluding hydrogens is 271 g/mol. The maximum absolute atomic E-state index is 13.8. The van der Waals surface area contributed by atoms with Crippen molar-refractivity contribution < 1.29 is 13.2 Å². The quantitative estimate of drug-likeness (QED) is 0.910. The monoisotopic (exact) mass is 283 g/mol. The zero-order valence-electron chi connectivity index (χ0n) is 10.2. The minimum absolute atomic E-state index is 0.0486. The minimum Gasteiger partial charge on any atom is -0.324 e. The first-order chi connectivity index (χ1) is 8.97. The highest BCUT2D eigenvalue weighted by atomic mass is 32.2. The van der Waals surface area contributed by atoms with Crippen LogP contribution >= 0.6 is 11.8 Å². The molecule has 1 atom stereocenters. The average Bonchev–Trinajstić information content (AvgIpc) is 2.36. The summed E-state index contributed by atoms with van der Waals surface area (Å²) in [5.41, 5.74) is 6.30. The molecule has 0 aliphatic rings.